The van der Waals surface area contributed by atoms with E-state index in [9.17, 15) is 10.5 Å². The van der Waals surface area contributed by atoms with Crippen molar-refractivity contribution < 1.29 is 0 Å². The number of halogens is 1. The molecule has 1 aromatic rings. The molecule has 1 aliphatic rings. The van der Waals surface area contributed by atoms with Crippen LogP contribution in [-0.2, 0) is 0 Å². The zero-order chi connectivity index (χ0) is 16.1. The predicted octanol–water partition coefficient (Wildman–Crippen LogP) is 4.08. The maximum absolute atomic E-state index is 9.20. The zero-order valence-electron chi connectivity index (χ0n) is 12.0. The van der Waals surface area contributed by atoms with Crippen LogP contribution in [0.4, 0.5) is 0 Å². The summed E-state index contributed by atoms with van der Waals surface area (Å²) in [5, 5.41) is 18.8. The van der Waals surface area contributed by atoms with E-state index in [1.807, 2.05) is 41.3 Å². The minimum Gasteiger partial charge on any atom is -0.362 e. The first-order valence-electron chi connectivity index (χ1n) is 6.70. The highest BCUT2D eigenvalue weighted by Gasteiger charge is 2.30. The average Bonchev–Trinajstić information content (AvgIpc) is 2.81. The number of hydrogen-bond acceptors (Lipinski definition) is 3. The van der Waals surface area contributed by atoms with Crippen LogP contribution in [-0.4, -0.2) is 18.0 Å². The Morgan fingerprint density at radius 1 is 1.09 bits per heavy atom. The summed E-state index contributed by atoms with van der Waals surface area (Å²) >= 11 is 6.54. The molecule has 1 aliphatic carbocycles. The summed E-state index contributed by atoms with van der Waals surface area (Å²) in [7, 11) is 0. The molecule has 0 radical (unpaired) electrons. The van der Waals surface area contributed by atoms with Gasteiger partial charge < -0.3 is 4.90 Å². The summed E-state index contributed by atoms with van der Waals surface area (Å²) in [6.45, 7) is 8.71. The molecule has 0 saturated carbocycles. The van der Waals surface area contributed by atoms with Crippen molar-refractivity contribution in [2.24, 2.45) is 0 Å². The van der Waals surface area contributed by atoms with Gasteiger partial charge in [-0.05, 0) is 5.56 Å². The Labute approximate surface area is 135 Å². The fraction of sp³-hybridized carbons (Fsp3) is 0.111. The molecule has 22 heavy (non-hydrogen) atoms. The second-order valence-electron chi connectivity index (χ2n) is 4.66. The van der Waals surface area contributed by atoms with Gasteiger partial charge in [0.2, 0.25) is 0 Å². The van der Waals surface area contributed by atoms with Crippen molar-refractivity contribution in [3.05, 3.63) is 71.3 Å². The summed E-state index contributed by atoms with van der Waals surface area (Å²) in [4.78, 5) is 2.01. The molecule has 4 heteroatoms. The molecular formula is C18H14ClN3. The van der Waals surface area contributed by atoms with Crippen molar-refractivity contribution in [2.75, 3.05) is 13.1 Å². The van der Waals surface area contributed by atoms with Crippen molar-refractivity contribution >= 4 is 22.9 Å². The highest BCUT2D eigenvalue weighted by molar-refractivity contribution is 6.42. The molecule has 0 fully saturated rings. The van der Waals surface area contributed by atoms with E-state index in [0.29, 0.717) is 23.7 Å². The van der Waals surface area contributed by atoms with Gasteiger partial charge in [0.1, 0.15) is 17.7 Å². The Morgan fingerprint density at radius 2 is 1.64 bits per heavy atom. The molecule has 0 atom stereocenters. The summed E-state index contributed by atoms with van der Waals surface area (Å²) in [5.41, 5.74) is 3.03. The summed E-state index contributed by atoms with van der Waals surface area (Å²) < 4.78 is 0. The van der Waals surface area contributed by atoms with Gasteiger partial charge in [-0.2, -0.15) is 10.5 Å². The fourth-order valence-corrected chi connectivity index (χ4v) is 2.94. The van der Waals surface area contributed by atoms with E-state index in [0.717, 1.165) is 16.8 Å². The lowest BCUT2D eigenvalue weighted by Crippen LogP contribution is -2.22. The Kier molecular flexibility index (Phi) is 4.84. The number of hydrogen-bond donors (Lipinski definition) is 0. The molecule has 0 aromatic heterocycles. The van der Waals surface area contributed by atoms with E-state index in [-0.39, 0.29) is 5.57 Å². The van der Waals surface area contributed by atoms with E-state index in [1.54, 1.807) is 12.2 Å². The predicted molar refractivity (Wildman–Crippen MR) is 89.3 cm³/mol. The van der Waals surface area contributed by atoms with Gasteiger partial charge in [-0.25, -0.2) is 0 Å². The number of nitriles is 2. The van der Waals surface area contributed by atoms with E-state index in [2.05, 4.69) is 13.2 Å². The number of benzene rings is 1. The molecule has 0 N–H and O–H groups in total. The first-order chi connectivity index (χ1) is 10.7. The third-order valence-electron chi connectivity index (χ3n) is 3.37. The Bertz CT molecular complexity index is 746. The SMILES string of the molecule is C=CCN(CC=C)C1=C(Cl)C(=C(C#N)C#N)c2ccccc21. The molecule has 108 valence electrons. The van der Waals surface area contributed by atoms with Crippen LogP contribution in [0.1, 0.15) is 11.1 Å². The second-order valence-corrected chi connectivity index (χ2v) is 5.04. The van der Waals surface area contributed by atoms with Crippen LogP contribution in [0.2, 0.25) is 0 Å². The van der Waals surface area contributed by atoms with Crippen molar-refractivity contribution in [3.63, 3.8) is 0 Å². The first-order valence-corrected chi connectivity index (χ1v) is 7.08. The fourth-order valence-electron chi connectivity index (χ4n) is 2.52. The molecule has 1 aromatic carbocycles. The third-order valence-corrected chi connectivity index (χ3v) is 3.74. The number of allylic oxidation sites excluding steroid dienone is 3. The van der Waals surface area contributed by atoms with Gasteiger partial charge in [0.15, 0.2) is 0 Å². The van der Waals surface area contributed by atoms with Crippen LogP contribution in [0.3, 0.4) is 0 Å². The number of nitrogens with zero attached hydrogens (tertiary/aromatic N) is 3. The van der Waals surface area contributed by atoms with Crippen molar-refractivity contribution in [3.8, 4) is 12.1 Å². The lowest BCUT2D eigenvalue weighted by molar-refractivity contribution is 0.488. The topological polar surface area (TPSA) is 50.8 Å². The van der Waals surface area contributed by atoms with Gasteiger partial charge in [-0.1, -0.05) is 48.0 Å². The van der Waals surface area contributed by atoms with E-state index in [4.69, 9.17) is 11.6 Å². The molecule has 3 nitrogen and oxygen atoms in total. The lowest BCUT2D eigenvalue weighted by atomic mass is 10.0. The van der Waals surface area contributed by atoms with Crippen LogP contribution < -0.4 is 0 Å². The van der Waals surface area contributed by atoms with Crippen molar-refractivity contribution in [1.29, 1.82) is 10.5 Å². The van der Waals surface area contributed by atoms with Crippen molar-refractivity contribution in [2.45, 2.75) is 0 Å². The monoisotopic (exact) mass is 307 g/mol. The third kappa shape index (κ3) is 2.55. The van der Waals surface area contributed by atoms with Crippen LogP contribution in [0.15, 0.2) is 60.2 Å². The highest BCUT2D eigenvalue weighted by Crippen LogP contribution is 2.46. The van der Waals surface area contributed by atoms with Gasteiger partial charge in [-0.3, -0.25) is 0 Å². The second kappa shape index (κ2) is 6.80. The van der Waals surface area contributed by atoms with E-state index < -0.39 is 0 Å². The van der Waals surface area contributed by atoms with Gasteiger partial charge in [0.05, 0.1) is 10.7 Å². The smallest absolute Gasteiger partial charge is 0.139 e. The average molecular weight is 308 g/mol. The number of fused-ring (bicyclic) bond motifs is 1. The van der Waals surface area contributed by atoms with E-state index >= 15 is 0 Å². The Balaban J connectivity index is 2.75. The van der Waals surface area contributed by atoms with Crippen LogP contribution in [0, 0.1) is 22.7 Å². The summed E-state index contributed by atoms with van der Waals surface area (Å²) in [6.07, 6.45) is 3.56. The van der Waals surface area contributed by atoms with Crippen molar-refractivity contribution in [1.82, 2.24) is 4.90 Å². The molecule has 0 aliphatic heterocycles. The summed E-state index contributed by atoms with van der Waals surface area (Å²) in [5.74, 6) is 0. The van der Waals surface area contributed by atoms with Crippen LogP contribution in [0.5, 0.6) is 0 Å². The quantitative estimate of drug-likeness (QED) is 0.608. The molecule has 0 amide bonds. The largest absolute Gasteiger partial charge is 0.362 e. The first kappa shape index (κ1) is 15.6. The Hall–Kier alpha value is -2.75. The molecule has 0 spiro atoms. The Morgan fingerprint density at radius 3 is 2.14 bits per heavy atom. The molecular weight excluding hydrogens is 294 g/mol. The van der Waals surface area contributed by atoms with E-state index in [1.165, 1.54) is 0 Å². The standard InChI is InChI=1S/C18H14ClN3/c1-3-9-22(10-4-2)18-15-8-6-5-7-14(15)16(17(18)19)13(11-20)12-21/h3-8H,1-2,9-10H2. The molecule has 0 saturated heterocycles. The summed E-state index contributed by atoms with van der Waals surface area (Å²) in [6, 6.07) is 11.4. The number of rotatable bonds is 5. The van der Waals surface area contributed by atoms with Gasteiger partial charge in [0.25, 0.3) is 0 Å². The molecule has 0 heterocycles. The molecule has 0 bridgehead atoms. The molecule has 2 rings (SSSR count). The van der Waals surface area contributed by atoms with Gasteiger partial charge in [0, 0.05) is 24.2 Å². The lowest BCUT2D eigenvalue weighted by Gasteiger charge is -2.24. The minimum absolute atomic E-state index is 0.0182. The minimum atomic E-state index is 0.0182. The highest BCUT2D eigenvalue weighted by atomic mass is 35.5. The van der Waals surface area contributed by atoms with Crippen LogP contribution in [0.25, 0.3) is 11.3 Å². The zero-order valence-corrected chi connectivity index (χ0v) is 12.8. The van der Waals surface area contributed by atoms with Gasteiger partial charge in [-0.15, -0.1) is 13.2 Å². The van der Waals surface area contributed by atoms with Gasteiger partial charge >= 0.3 is 0 Å². The molecule has 0 unspecified atom stereocenters. The van der Waals surface area contributed by atoms with Crippen LogP contribution >= 0.6 is 11.6 Å². The normalized spacial score (nSPS) is 12.2. The maximum Gasteiger partial charge on any atom is 0.139 e. The maximum atomic E-state index is 9.20.